The van der Waals surface area contributed by atoms with E-state index >= 15 is 0 Å². The van der Waals surface area contributed by atoms with E-state index in [1.54, 1.807) is 0 Å². The van der Waals surface area contributed by atoms with Gasteiger partial charge in [0.2, 0.25) is 6.71 Å². The van der Waals surface area contributed by atoms with Crippen LogP contribution in [0.1, 0.15) is 30.5 Å². The molecule has 9 rings (SSSR count). The van der Waals surface area contributed by atoms with Gasteiger partial charge in [0.25, 0.3) is 0 Å². The second-order valence-electron chi connectivity index (χ2n) is 13.8. The zero-order chi connectivity index (χ0) is 37.2. The predicted octanol–water partition coefficient (Wildman–Crippen LogP) is 12.6. The Bertz CT molecular complexity index is 2660. The minimum atomic E-state index is 0.102. The molecule has 0 aromatic heterocycles. The summed E-state index contributed by atoms with van der Waals surface area (Å²) in [6.45, 7) is 14.3. The molecule has 1 aliphatic rings. The quantitative estimate of drug-likeness (QED) is 0.146. The standard InChI is InChI=1S/C51H37B.C2H6/c1-4-35-18-24-42(32-36(35)5-2)40-21-19-38(20-22-40)39-26-28-44(29-27-39)52-49-17-11-10-16-46(49)48-31-30-47(45-15-9-6-12-34(45)3)50(51(48)52)43-25-23-37-13-7-8-14-41(37)33-43;1-2/h4-33H,1-2H2,3H3;1-2H3. The first-order valence-electron chi connectivity index (χ1n) is 19.0. The lowest BCUT2D eigenvalue weighted by Crippen LogP contribution is -2.49. The van der Waals surface area contributed by atoms with Crippen molar-refractivity contribution >= 4 is 46.0 Å². The number of hydrogen-bond acceptors (Lipinski definition) is 0. The van der Waals surface area contributed by atoms with Crippen LogP contribution in [0.15, 0.2) is 183 Å². The summed E-state index contributed by atoms with van der Waals surface area (Å²) in [5.41, 5.74) is 20.1. The van der Waals surface area contributed by atoms with E-state index in [-0.39, 0.29) is 6.71 Å². The van der Waals surface area contributed by atoms with E-state index in [2.05, 4.69) is 190 Å². The van der Waals surface area contributed by atoms with Gasteiger partial charge in [0.05, 0.1) is 0 Å². The lowest BCUT2D eigenvalue weighted by atomic mass is 9.38. The molecule has 0 amide bonds. The van der Waals surface area contributed by atoms with Crippen molar-refractivity contribution in [3.05, 3.63) is 200 Å². The topological polar surface area (TPSA) is 0 Å². The summed E-state index contributed by atoms with van der Waals surface area (Å²) in [6, 6.07) is 62.7. The highest BCUT2D eigenvalue weighted by molar-refractivity contribution is 7.00. The van der Waals surface area contributed by atoms with Gasteiger partial charge in [-0.2, -0.15) is 0 Å². The summed E-state index contributed by atoms with van der Waals surface area (Å²) in [5, 5.41) is 2.51. The molecule has 0 fully saturated rings. The molecule has 0 unspecified atom stereocenters. The molecule has 0 atom stereocenters. The first-order valence-corrected chi connectivity index (χ1v) is 19.0. The maximum atomic E-state index is 3.99. The average Bonchev–Trinajstić information content (AvgIpc) is 3.58. The number of hydrogen-bond donors (Lipinski definition) is 0. The highest BCUT2D eigenvalue weighted by atomic mass is 14.2. The van der Waals surface area contributed by atoms with Crippen molar-refractivity contribution in [2.24, 2.45) is 0 Å². The average molecular weight is 691 g/mol. The molecule has 8 aromatic rings. The summed E-state index contributed by atoms with van der Waals surface area (Å²) in [7, 11) is 0. The van der Waals surface area contributed by atoms with Crippen molar-refractivity contribution in [1.29, 1.82) is 0 Å². The predicted molar refractivity (Wildman–Crippen MR) is 238 cm³/mol. The second kappa shape index (κ2) is 14.9. The molecule has 1 heteroatoms. The molecule has 258 valence electrons. The Balaban J connectivity index is 0.00000203. The van der Waals surface area contributed by atoms with Crippen molar-refractivity contribution in [3.63, 3.8) is 0 Å². The van der Waals surface area contributed by atoms with Crippen LogP contribution in [0, 0.1) is 6.92 Å². The molecule has 0 saturated heterocycles. The van der Waals surface area contributed by atoms with E-state index in [0.29, 0.717) is 0 Å². The summed E-state index contributed by atoms with van der Waals surface area (Å²) >= 11 is 0. The van der Waals surface area contributed by atoms with E-state index in [9.17, 15) is 0 Å². The molecular weight excluding hydrogens is 647 g/mol. The molecule has 0 spiro atoms. The number of benzene rings is 8. The van der Waals surface area contributed by atoms with Crippen molar-refractivity contribution < 1.29 is 0 Å². The van der Waals surface area contributed by atoms with E-state index in [4.69, 9.17) is 0 Å². The molecule has 0 nitrogen and oxygen atoms in total. The highest BCUT2D eigenvalue weighted by Gasteiger charge is 2.36. The maximum Gasteiger partial charge on any atom is 0.243 e. The molecule has 1 heterocycles. The molecule has 0 aliphatic carbocycles. The summed E-state index contributed by atoms with van der Waals surface area (Å²) in [4.78, 5) is 0. The van der Waals surface area contributed by atoms with Gasteiger partial charge in [-0.1, -0.05) is 213 Å². The summed E-state index contributed by atoms with van der Waals surface area (Å²) in [5.74, 6) is 0. The normalized spacial score (nSPS) is 11.4. The Morgan fingerprint density at radius 1 is 0.426 bits per heavy atom. The fourth-order valence-corrected chi connectivity index (χ4v) is 8.25. The van der Waals surface area contributed by atoms with Gasteiger partial charge in [-0.05, 0) is 102 Å². The fourth-order valence-electron chi connectivity index (χ4n) is 8.25. The van der Waals surface area contributed by atoms with Crippen molar-refractivity contribution in [2.45, 2.75) is 20.8 Å². The number of aryl methyl sites for hydroxylation is 1. The minimum absolute atomic E-state index is 0.102. The van der Waals surface area contributed by atoms with Crippen LogP contribution in [0.3, 0.4) is 0 Å². The molecule has 0 bridgehead atoms. The molecule has 54 heavy (non-hydrogen) atoms. The third-order valence-electron chi connectivity index (χ3n) is 10.9. The smallest absolute Gasteiger partial charge is 0.0984 e. The molecule has 0 radical (unpaired) electrons. The molecule has 1 aliphatic heterocycles. The second-order valence-corrected chi connectivity index (χ2v) is 13.8. The maximum absolute atomic E-state index is 3.99. The Morgan fingerprint density at radius 3 is 1.69 bits per heavy atom. The van der Waals surface area contributed by atoms with Crippen molar-refractivity contribution in [3.8, 4) is 55.6 Å². The molecule has 8 aromatic carbocycles. The Labute approximate surface area is 320 Å². The van der Waals surface area contributed by atoms with Gasteiger partial charge in [0, 0.05) is 0 Å². The van der Waals surface area contributed by atoms with Gasteiger partial charge in [0.15, 0.2) is 0 Å². The van der Waals surface area contributed by atoms with Crippen LogP contribution in [0.5, 0.6) is 0 Å². The monoisotopic (exact) mass is 690 g/mol. The van der Waals surface area contributed by atoms with Crippen LogP contribution in [-0.4, -0.2) is 6.71 Å². The first kappa shape index (κ1) is 34.6. The Morgan fingerprint density at radius 2 is 0.981 bits per heavy atom. The van der Waals surface area contributed by atoms with Gasteiger partial charge in [-0.15, -0.1) is 0 Å². The molecule has 0 N–H and O–H groups in total. The Kier molecular flexibility index (Phi) is 9.55. The molecule has 0 saturated carbocycles. The fraction of sp³-hybridized carbons (Fsp3) is 0.0566. The lowest BCUT2D eigenvalue weighted by Gasteiger charge is -2.21. The van der Waals surface area contributed by atoms with Crippen LogP contribution >= 0.6 is 0 Å². The van der Waals surface area contributed by atoms with Crippen molar-refractivity contribution in [2.75, 3.05) is 0 Å². The molecular formula is C53H43B. The van der Waals surface area contributed by atoms with Gasteiger partial charge < -0.3 is 0 Å². The third kappa shape index (κ3) is 6.12. The van der Waals surface area contributed by atoms with E-state index in [0.717, 1.165) is 11.1 Å². The van der Waals surface area contributed by atoms with Gasteiger partial charge >= 0.3 is 0 Å². The zero-order valence-corrected chi connectivity index (χ0v) is 31.3. The van der Waals surface area contributed by atoms with Crippen LogP contribution in [-0.2, 0) is 0 Å². The van der Waals surface area contributed by atoms with Crippen molar-refractivity contribution in [1.82, 2.24) is 0 Å². The van der Waals surface area contributed by atoms with Crippen LogP contribution in [0.2, 0.25) is 0 Å². The lowest BCUT2D eigenvalue weighted by molar-refractivity contribution is 1.46. The number of fused-ring (bicyclic) bond motifs is 4. The van der Waals surface area contributed by atoms with E-state index in [1.807, 2.05) is 26.0 Å². The van der Waals surface area contributed by atoms with Gasteiger partial charge in [0.1, 0.15) is 0 Å². The minimum Gasteiger partial charge on any atom is -0.0984 e. The largest absolute Gasteiger partial charge is 0.243 e. The van der Waals surface area contributed by atoms with E-state index in [1.165, 1.54) is 88.4 Å². The van der Waals surface area contributed by atoms with Crippen LogP contribution in [0.4, 0.5) is 0 Å². The summed E-state index contributed by atoms with van der Waals surface area (Å²) in [6.07, 6.45) is 3.77. The number of rotatable bonds is 7. The van der Waals surface area contributed by atoms with Crippen LogP contribution in [0.25, 0.3) is 78.6 Å². The van der Waals surface area contributed by atoms with Gasteiger partial charge in [-0.25, -0.2) is 0 Å². The zero-order valence-electron chi connectivity index (χ0n) is 31.3. The summed E-state index contributed by atoms with van der Waals surface area (Å²) < 4.78 is 0. The first-order chi connectivity index (χ1) is 26.6. The Hall–Kier alpha value is -6.44. The van der Waals surface area contributed by atoms with E-state index < -0.39 is 0 Å². The SMILES string of the molecule is C=Cc1ccc(-c2ccc(-c3ccc(B4c5ccccc5-c5ccc(-c6ccccc6C)c(-c6ccc7ccccc7c6)c54)cc3)cc2)cc1C=C.CC. The van der Waals surface area contributed by atoms with Crippen LogP contribution < -0.4 is 16.4 Å². The third-order valence-corrected chi connectivity index (χ3v) is 10.9. The highest BCUT2D eigenvalue weighted by Crippen LogP contribution is 2.39. The van der Waals surface area contributed by atoms with Gasteiger partial charge in [-0.3, -0.25) is 0 Å².